The Morgan fingerprint density at radius 3 is 2.71 bits per heavy atom. The lowest BCUT2D eigenvalue weighted by molar-refractivity contribution is 0.224. The van der Waals surface area contributed by atoms with E-state index in [4.69, 9.17) is 30.5 Å². The average Bonchev–Trinajstić information content (AvgIpc) is 3.31. The molecule has 0 bridgehead atoms. The van der Waals surface area contributed by atoms with Crippen LogP contribution in [0, 0.1) is 0 Å². The van der Waals surface area contributed by atoms with Crippen molar-refractivity contribution in [1.82, 2.24) is 9.66 Å². The maximum atomic E-state index is 13.6. The predicted octanol–water partition coefficient (Wildman–Crippen LogP) is 8.06. The first kappa shape index (κ1) is 26.5. The molecule has 0 spiro atoms. The third kappa shape index (κ3) is 5.10. The number of nitrogens with zero attached hydrogens (tertiary/aromatic N) is 3. The largest absolute Gasteiger partial charge is 0.490 e. The molecule has 0 saturated heterocycles. The van der Waals surface area contributed by atoms with Crippen molar-refractivity contribution in [3.63, 3.8) is 0 Å². The second kappa shape index (κ2) is 10.9. The molecule has 0 N–H and O–H groups in total. The third-order valence-electron chi connectivity index (χ3n) is 5.57. The molecule has 0 aliphatic heterocycles. The summed E-state index contributed by atoms with van der Waals surface area (Å²) in [5, 5.41) is 6.19. The fourth-order valence-electron chi connectivity index (χ4n) is 3.94. The highest BCUT2D eigenvalue weighted by atomic mass is 79.9. The van der Waals surface area contributed by atoms with Gasteiger partial charge < -0.3 is 13.9 Å². The predicted molar refractivity (Wildman–Crippen MR) is 158 cm³/mol. The summed E-state index contributed by atoms with van der Waals surface area (Å²) in [4.78, 5) is 18.3. The van der Waals surface area contributed by atoms with Gasteiger partial charge in [0.25, 0.3) is 5.56 Å². The summed E-state index contributed by atoms with van der Waals surface area (Å²) in [5.74, 6) is 1.59. The van der Waals surface area contributed by atoms with Crippen molar-refractivity contribution in [2.45, 2.75) is 26.9 Å². The minimum absolute atomic E-state index is 0.104. The molecule has 194 valence electrons. The number of fused-ring (bicyclic) bond motifs is 2. The number of ether oxygens (including phenoxy) is 2. The molecule has 0 aliphatic carbocycles. The van der Waals surface area contributed by atoms with E-state index >= 15 is 0 Å². The van der Waals surface area contributed by atoms with E-state index in [1.807, 2.05) is 51.1 Å². The molecule has 5 aromatic rings. The Kier molecular flexibility index (Phi) is 7.61. The molecule has 7 nitrogen and oxygen atoms in total. The number of aromatic nitrogens is 2. The molecule has 2 aromatic heterocycles. The Bertz CT molecular complexity index is 1760. The van der Waals surface area contributed by atoms with Crippen LogP contribution < -0.4 is 15.0 Å². The van der Waals surface area contributed by atoms with Crippen LogP contribution in [-0.2, 0) is 0 Å². The van der Waals surface area contributed by atoms with Gasteiger partial charge in [-0.3, -0.25) is 4.79 Å². The van der Waals surface area contributed by atoms with Gasteiger partial charge in [0.15, 0.2) is 17.3 Å². The Morgan fingerprint density at radius 1 is 1.16 bits per heavy atom. The van der Waals surface area contributed by atoms with Gasteiger partial charge in [-0.25, -0.2) is 4.98 Å². The number of para-hydroxylation sites is 1. The van der Waals surface area contributed by atoms with Gasteiger partial charge in [0, 0.05) is 19.9 Å². The Morgan fingerprint density at radius 2 is 1.95 bits per heavy atom. The zero-order valence-corrected chi connectivity index (χ0v) is 24.6. The number of hydrogen-bond acceptors (Lipinski definition) is 6. The van der Waals surface area contributed by atoms with Crippen molar-refractivity contribution in [2.24, 2.45) is 5.10 Å². The van der Waals surface area contributed by atoms with E-state index in [0.717, 1.165) is 9.86 Å². The van der Waals surface area contributed by atoms with Crippen molar-refractivity contribution >= 4 is 71.5 Å². The maximum Gasteiger partial charge on any atom is 0.282 e. The zero-order chi connectivity index (χ0) is 27.0. The average molecular weight is 660 g/mol. The van der Waals surface area contributed by atoms with Crippen LogP contribution in [0.2, 0.25) is 5.02 Å². The van der Waals surface area contributed by atoms with Crippen LogP contribution in [-0.4, -0.2) is 28.6 Å². The third-order valence-corrected chi connectivity index (χ3v) is 7.51. The molecule has 5 rings (SSSR count). The van der Waals surface area contributed by atoms with Crippen molar-refractivity contribution in [2.75, 3.05) is 6.61 Å². The Labute approximate surface area is 240 Å². The molecule has 0 amide bonds. The fraction of sp³-hybridized carbons (Fsp3) is 0.179. The molecular weight excluding hydrogens is 638 g/mol. The maximum absolute atomic E-state index is 13.6. The lowest BCUT2D eigenvalue weighted by Gasteiger charge is -2.18. The molecule has 0 unspecified atom stereocenters. The quantitative estimate of drug-likeness (QED) is 0.165. The molecule has 0 radical (unpaired) electrons. The van der Waals surface area contributed by atoms with Gasteiger partial charge in [0.1, 0.15) is 10.6 Å². The summed E-state index contributed by atoms with van der Waals surface area (Å²) < 4.78 is 20.5. The Hall–Kier alpha value is -3.14. The van der Waals surface area contributed by atoms with Gasteiger partial charge >= 0.3 is 0 Å². The highest BCUT2D eigenvalue weighted by Crippen LogP contribution is 2.43. The van der Waals surface area contributed by atoms with Crippen LogP contribution in [0.3, 0.4) is 0 Å². The number of furan rings is 1. The lowest BCUT2D eigenvalue weighted by Crippen LogP contribution is -2.20. The SMILES string of the molecule is CCOc1cc(C=Nn2c(-c3cc4cc(Br)ccc4o3)nc3ccccc3c2=O)c(Br)c(Cl)c1OC(C)C. The number of halogens is 3. The summed E-state index contributed by atoms with van der Waals surface area (Å²) in [6.07, 6.45) is 1.42. The normalized spacial score (nSPS) is 11.8. The first-order valence-electron chi connectivity index (χ1n) is 11.8. The molecule has 0 aliphatic rings. The molecule has 2 heterocycles. The van der Waals surface area contributed by atoms with E-state index < -0.39 is 0 Å². The number of benzene rings is 3. The van der Waals surface area contributed by atoms with E-state index in [1.165, 1.54) is 10.9 Å². The second-order valence-corrected chi connectivity index (χ2v) is 10.7. The molecule has 3 aromatic carbocycles. The highest BCUT2D eigenvalue weighted by Gasteiger charge is 2.20. The summed E-state index contributed by atoms with van der Waals surface area (Å²) in [7, 11) is 0. The topological polar surface area (TPSA) is 78.9 Å². The van der Waals surface area contributed by atoms with Gasteiger partial charge in [-0.15, -0.1) is 0 Å². The van der Waals surface area contributed by atoms with Gasteiger partial charge in [0.05, 0.1) is 29.8 Å². The van der Waals surface area contributed by atoms with E-state index in [-0.39, 0.29) is 17.5 Å². The minimum atomic E-state index is -0.338. The summed E-state index contributed by atoms with van der Waals surface area (Å²) in [6, 6.07) is 16.4. The van der Waals surface area contributed by atoms with Crippen LogP contribution in [0.1, 0.15) is 26.3 Å². The molecular formula is C28H22Br2ClN3O4. The van der Waals surface area contributed by atoms with Crippen molar-refractivity contribution < 1.29 is 13.9 Å². The van der Waals surface area contributed by atoms with Crippen molar-refractivity contribution in [1.29, 1.82) is 0 Å². The highest BCUT2D eigenvalue weighted by molar-refractivity contribution is 9.10. The van der Waals surface area contributed by atoms with E-state index in [9.17, 15) is 4.79 Å². The number of rotatable bonds is 7. The van der Waals surface area contributed by atoms with Gasteiger partial charge in [0.2, 0.25) is 5.82 Å². The van der Waals surface area contributed by atoms with Gasteiger partial charge in [-0.2, -0.15) is 9.78 Å². The van der Waals surface area contributed by atoms with E-state index in [1.54, 1.807) is 24.3 Å². The van der Waals surface area contributed by atoms with Crippen LogP contribution >= 0.6 is 43.5 Å². The fourth-order valence-corrected chi connectivity index (χ4v) is 4.96. The summed E-state index contributed by atoms with van der Waals surface area (Å²) >= 11 is 13.7. The first-order chi connectivity index (χ1) is 18.3. The van der Waals surface area contributed by atoms with E-state index in [0.29, 0.717) is 55.4 Å². The van der Waals surface area contributed by atoms with E-state index in [2.05, 4.69) is 37.0 Å². The minimum Gasteiger partial charge on any atom is -0.490 e. The first-order valence-corrected chi connectivity index (χ1v) is 13.8. The zero-order valence-electron chi connectivity index (χ0n) is 20.7. The van der Waals surface area contributed by atoms with Crippen LogP contribution in [0.15, 0.2) is 77.9 Å². The molecule has 0 saturated carbocycles. The molecule has 38 heavy (non-hydrogen) atoms. The molecule has 0 fully saturated rings. The van der Waals surface area contributed by atoms with Gasteiger partial charge in [-0.05, 0) is 79.2 Å². The van der Waals surface area contributed by atoms with Gasteiger partial charge in [-0.1, -0.05) is 39.7 Å². The Balaban J connectivity index is 1.69. The standard InChI is InChI=1S/C28H22Br2ClN3O4/c1-4-36-22-13-17(24(30)25(31)26(22)37-15(2)3)14-32-34-27(33-20-8-6-5-7-19(20)28(34)35)23-12-16-11-18(29)9-10-21(16)38-23/h5-15H,4H2,1-3H3. The van der Waals surface area contributed by atoms with Crippen LogP contribution in [0.5, 0.6) is 11.5 Å². The second-order valence-electron chi connectivity index (χ2n) is 8.63. The monoisotopic (exact) mass is 657 g/mol. The lowest BCUT2D eigenvalue weighted by atomic mass is 10.2. The smallest absolute Gasteiger partial charge is 0.282 e. The summed E-state index contributed by atoms with van der Waals surface area (Å²) in [5.41, 5.74) is 1.46. The van der Waals surface area contributed by atoms with Crippen LogP contribution in [0.4, 0.5) is 0 Å². The molecule has 10 heteroatoms. The van der Waals surface area contributed by atoms with Crippen molar-refractivity contribution in [3.8, 4) is 23.1 Å². The number of hydrogen-bond donors (Lipinski definition) is 0. The molecule has 0 atom stereocenters. The van der Waals surface area contributed by atoms with Crippen LogP contribution in [0.25, 0.3) is 33.5 Å². The van der Waals surface area contributed by atoms with Crippen molar-refractivity contribution in [3.05, 3.63) is 84.5 Å². The summed E-state index contributed by atoms with van der Waals surface area (Å²) in [6.45, 7) is 6.12.